The molecule has 0 saturated carbocycles. The van der Waals surface area contributed by atoms with Crippen molar-refractivity contribution in [3.8, 4) is 0 Å². The average Bonchev–Trinajstić information content (AvgIpc) is 2.08. The van der Waals surface area contributed by atoms with Crippen LogP contribution < -0.4 is 0 Å². The van der Waals surface area contributed by atoms with Crippen LogP contribution in [0.5, 0.6) is 0 Å². The quantitative estimate of drug-likeness (QED) is 0.623. The van der Waals surface area contributed by atoms with E-state index in [1.54, 1.807) is 0 Å². The van der Waals surface area contributed by atoms with Crippen LogP contribution in [0, 0.1) is 5.38 Å². The largest absolute Gasteiger partial charge is 0.296 e. The zero-order valence-electron chi connectivity index (χ0n) is 4.23. The predicted molar refractivity (Wildman–Crippen MR) is 33.0 cm³/mol. The van der Waals surface area contributed by atoms with Crippen molar-refractivity contribution in [3.05, 3.63) is 16.8 Å². The van der Waals surface area contributed by atoms with Crippen molar-refractivity contribution in [1.82, 2.24) is 0 Å². The Balaban J connectivity index is 3.20. The highest BCUT2D eigenvalue weighted by molar-refractivity contribution is 7.86. The Labute approximate surface area is 56.7 Å². The van der Waals surface area contributed by atoms with Gasteiger partial charge < -0.3 is 0 Å². The molecular formula is C4H3O3S2. The van der Waals surface area contributed by atoms with E-state index in [1.807, 2.05) is 0 Å². The lowest BCUT2D eigenvalue weighted by Gasteiger charge is -1.84. The molecular weight excluding hydrogens is 160 g/mol. The van der Waals surface area contributed by atoms with Gasteiger partial charge in [-0.25, -0.2) is 0 Å². The molecule has 1 N–H and O–H groups in total. The highest BCUT2D eigenvalue weighted by atomic mass is 32.2. The van der Waals surface area contributed by atoms with Crippen LogP contribution in [0.25, 0.3) is 0 Å². The van der Waals surface area contributed by atoms with Gasteiger partial charge in [0.15, 0.2) is 0 Å². The van der Waals surface area contributed by atoms with E-state index in [4.69, 9.17) is 4.55 Å². The van der Waals surface area contributed by atoms with Gasteiger partial charge in [-0.05, 0) is 11.4 Å². The summed E-state index contributed by atoms with van der Waals surface area (Å²) in [5.74, 6) is 0. The van der Waals surface area contributed by atoms with Crippen molar-refractivity contribution >= 4 is 21.5 Å². The van der Waals surface area contributed by atoms with Gasteiger partial charge in [-0.15, -0.1) is 11.3 Å². The van der Waals surface area contributed by atoms with E-state index < -0.39 is 10.1 Å². The highest BCUT2D eigenvalue weighted by Gasteiger charge is 2.08. The first-order valence-corrected chi connectivity index (χ1v) is 4.35. The van der Waals surface area contributed by atoms with E-state index in [0.29, 0.717) is 0 Å². The Hall–Kier alpha value is -0.390. The highest BCUT2D eigenvalue weighted by Crippen LogP contribution is 2.10. The maximum absolute atomic E-state index is 10.2. The van der Waals surface area contributed by atoms with Crippen molar-refractivity contribution in [2.45, 2.75) is 4.90 Å². The van der Waals surface area contributed by atoms with Gasteiger partial charge in [0.1, 0.15) is 4.90 Å². The standard InChI is InChI=1S/C4H3O3S2/c5-9(6,7)4-1-2-8-3-4/h1-2H,(H,5,6,7). The molecule has 0 aliphatic heterocycles. The Morgan fingerprint density at radius 2 is 2.33 bits per heavy atom. The van der Waals surface area contributed by atoms with Crippen LogP contribution in [0.4, 0.5) is 0 Å². The fraction of sp³-hybridized carbons (Fsp3) is 0. The normalized spacial score (nSPS) is 11.7. The van der Waals surface area contributed by atoms with Gasteiger partial charge in [-0.2, -0.15) is 8.42 Å². The second-order valence-corrected chi connectivity index (χ2v) is 3.46. The van der Waals surface area contributed by atoms with Gasteiger partial charge in [0.2, 0.25) is 0 Å². The Kier molecular flexibility index (Phi) is 1.56. The molecule has 3 nitrogen and oxygen atoms in total. The molecule has 1 rings (SSSR count). The molecule has 0 aliphatic rings. The number of hydrogen-bond acceptors (Lipinski definition) is 3. The molecule has 9 heavy (non-hydrogen) atoms. The fourth-order valence-corrected chi connectivity index (χ4v) is 1.71. The molecule has 0 saturated heterocycles. The van der Waals surface area contributed by atoms with Gasteiger partial charge in [-0.3, -0.25) is 4.55 Å². The molecule has 0 spiro atoms. The van der Waals surface area contributed by atoms with Crippen molar-refractivity contribution < 1.29 is 13.0 Å². The minimum absolute atomic E-state index is 0.160. The van der Waals surface area contributed by atoms with Crippen LogP contribution in [-0.2, 0) is 10.1 Å². The minimum Gasteiger partial charge on any atom is -0.282 e. The fourth-order valence-electron chi connectivity index (χ4n) is 0.361. The van der Waals surface area contributed by atoms with E-state index in [1.165, 1.54) is 11.4 Å². The van der Waals surface area contributed by atoms with Crippen molar-refractivity contribution in [3.63, 3.8) is 0 Å². The lowest BCUT2D eigenvalue weighted by atomic mass is 10.7. The summed E-state index contributed by atoms with van der Waals surface area (Å²) in [6.07, 6.45) is 0. The predicted octanol–water partition coefficient (Wildman–Crippen LogP) is 0.795. The maximum Gasteiger partial charge on any atom is 0.296 e. The zero-order chi connectivity index (χ0) is 6.91. The molecule has 1 aromatic rings. The molecule has 1 aromatic heterocycles. The third-order valence-corrected chi connectivity index (χ3v) is 2.26. The minimum atomic E-state index is -4.00. The summed E-state index contributed by atoms with van der Waals surface area (Å²) in [6, 6.07) is 1.29. The van der Waals surface area contributed by atoms with E-state index in [-0.39, 0.29) is 4.90 Å². The van der Waals surface area contributed by atoms with Crippen molar-refractivity contribution in [1.29, 1.82) is 0 Å². The first kappa shape index (κ1) is 6.73. The van der Waals surface area contributed by atoms with Gasteiger partial charge in [0, 0.05) is 0 Å². The molecule has 0 aliphatic carbocycles. The third kappa shape index (κ3) is 1.51. The SMILES string of the molecule is O=S(=O)(O)c1[c]scc1. The molecule has 1 radical (unpaired) electrons. The molecule has 0 amide bonds. The average molecular weight is 163 g/mol. The second kappa shape index (κ2) is 2.09. The topological polar surface area (TPSA) is 54.4 Å². The van der Waals surface area contributed by atoms with Gasteiger partial charge in [0.25, 0.3) is 10.1 Å². The molecule has 0 aromatic carbocycles. The Morgan fingerprint density at radius 3 is 2.56 bits per heavy atom. The van der Waals surface area contributed by atoms with Crippen LogP contribution in [0.1, 0.15) is 0 Å². The molecule has 0 unspecified atom stereocenters. The van der Waals surface area contributed by atoms with Crippen molar-refractivity contribution in [2.75, 3.05) is 0 Å². The molecule has 0 bridgehead atoms. The monoisotopic (exact) mass is 163 g/mol. The third-order valence-electron chi connectivity index (χ3n) is 0.725. The molecule has 0 atom stereocenters. The summed E-state index contributed by atoms with van der Waals surface area (Å²) in [5.41, 5.74) is 0. The summed E-state index contributed by atoms with van der Waals surface area (Å²) in [6.45, 7) is 0. The van der Waals surface area contributed by atoms with Gasteiger partial charge in [-0.1, -0.05) is 0 Å². The van der Waals surface area contributed by atoms with Crippen LogP contribution in [0.3, 0.4) is 0 Å². The van der Waals surface area contributed by atoms with Crippen LogP contribution in [-0.4, -0.2) is 13.0 Å². The summed E-state index contributed by atoms with van der Waals surface area (Å²) in [7, 11) is -4.00. The van der Waals surface area contributed by atoms with E-state index in [2.05, 4.69) is 5.38 Å². The number of hydrogen-bond donors (Lipinski definition) is 1. The Bertz CT molecular complexity index is 271. The zero-order valence-corrected chi connectivity index (χ0v) is 5.87. The van der Waals surface area contributed by atoms with E-state index in [9.17, 15) is 8.42 Å². The van der Waals surface area contributed by atoms with Crippen LogP contribution >= 0.6 is 11.3 Å². The molecule has 5 heteroatoms. The van der Waals surface area contributed by atoms with Crippen LogP contribution in [0.15, 0.2) is 16.3 Å². The lowest BCUT2D eigenvalue weighted by molar-refractivity contribution is 0.483. The molecule has 49 valence electrons. The summed E-state index contributed by atoms with van der Waals surface area (Å²) in [4.78, 5) is -0.160. The second-order valence-electron chi connectivity index (χ2n) is 1.36. The smallest absolute Gasteiger partial charge is 0.282 e. The van der Waals surface area contributed by atoms with Crippen molar-refractivity contribution in [2.24, 2.45) is 0 Å². The lowest BCUT2D eigenvalue weighted by Crippen LogP contribution is -1.94. The summed E-state index contributed by atoms with van der Waals surface area (Å²) < 4.78 is 28.8. The maximum atomic E-state index is 10.2. The van der Waals surface area contributed by atoms with Crippen LogP contribution in [0.2, 0.25) is 0 Å². The van der Waals surface area contributed by atoms with Gasteiger partial charge in [0.05, 0.1) is 5.38 Å². The molecule has 1 heterocycles. The Morgan fingerprint density at radius 1 is 1.67 bits per heavy atom. The van der Waals surface area contributed by atoms with E-state index in [0.717, 1.165) is 11.3 Å². The summed E-state index contributed by atoms with van der Waals surface area (Å²) >= 11 is 1.10. The number of thiophene rings is 1. The first-order valence-electron chi connectivity index (χ1n) is 2.03. The number of rotatable bonds is 1. The van der Waals surface area contributed by atoms with Gasteiger partial charge >= 0.3 is 0 Å². The molecule has 0 fully saturated rings. The first-order chi connectivity index (χ1) is 4.11. The summed E-state index contributed by atoms with van der Waals surface area (Å²) in [5, 5.41) is 3.91. The van der Waals surface area contributed by atoms with E-state index >= 15 is 0 Å².